The number of nitro benzene ring substituents is 2. The lowest BCUT2D eigenvalue weighted by Crippen LogP contribution is -2.49. The molecule has 0 saturated carbocycles. The number of benzene rings is 1. The summed E-state index contributed by atoms with van der Waals surface area (Å²) in [6, 6.07) is 2.84. The van der Waals surface area contributed by atoms with Crippen LogP contribution in [0.25, 0.3) is 0 Å². The summed E-state index contributed by atoms with van der Waals surface area (Å²) in [7, 11) is 0. The SMILES string of the molecule is CC1CN(OC(=O)c2cc([N+](=O)[O-])cc([N+](=O)[O-])c2)CCN1. The second kappa shape index (κ2) is 6.45. The van der Waals surface area contributed by atoms with E-state index in [1.807, 2.05) is 6.92 Å². The van der Waals surface area contributed by atoms with Crippen molar-refractivity contribution in [1.82, 2.24) is 10.4 Å². The number of nitrogens with one attached hydrogen (secondary N) is 1. The highest BCUT2D eigenvalue weighted by Crippen LogP contribution is 2.23. The Morgan fingerprint density at radius 3 is 2.36 bits per heavy atom. The van der Waals surface area contributed by atoms with Crippen molar-refractivity contribution in [2.24, 2.45) is 0 Å². The number of hydrogen-bond donors (Lipinski definition) is 1. The molecule has 1 saturated heterocycles. The fourth-order valence-corrected chi connectivity index (χ4v) is 2.07. The number of piperazine rings is 1. The molecule has 1 aromatic carbocycles. The quantitative estimate of drug-likeness (QED) is 0.640. The summed E-state index contributed by atoms with van der Waals surface area (Å²) >= 11 is 0. The van der Waals surface area contributed by atoms with Crippen LogP contribution >= 0.6 is 0 Å². The van der Waals surface area contributed by atoms with Crippen LogP contribution in [0.3, 0.4) is 0 Å². The summed E-state index contributed by atoms with van der Waals surface area (Å²) in [4.78, 5) is 37.2. The van der Waals surface area contributed by atoms with Crippen molar-refractivity contribution in [2.75, 3.05) is 19.6 Å². The van der Waals surface area contributed by atoms with Gasteiger partial charge in [0, 0.05) is 31.3 Å². The first-order valence-electron chi connectivity index (χ1n) is 6.51. The smallest absolute Gasteiger partial charge is 0.357 e. The lowest BCUT2D eigenvalue weighted by Gasteiger charge is -2.29. The lowest BCUT2D eigenvalue weighted by atomic mass is 10.2. The molecule has 1 aliphatic heterocycles. The Morgan fingerprint density at radius 2 is 1.86 bits per heavy atom. The predicted molar refractivity (Wildman–Crippen MR) is 74.2 cm³/mol. The fraction of sp³-hybridized carbons (Fsp3) is 0.417. The van der Waals surface area contributed by atoms with Gasteiger partial charge in [0.2, 0.25) is 0 Å². The normalized spacial score (nSPS) is 18.7. The van der Waals surface area contributed by atoms with Gasteiger partial charge < -0.3 is 10.2 Å². The van der Waals surface area contributed by atoms with Crippen LogP contribution in [0, 0.1) is 20.2 Å². The first-order valence-corrected chi connectivity index (χ1v) is 6.51. The molecule has 1 heterocycles. The zero-order valence-corrected chi connectivity index (χ0v) is 11.7. The zero-order chi connectivity index (χ0) is 16.3. The Hall–Kier alpha value is -2.59. The molecular formula is C12H14N4O6. The van der Waals surface area contributed by atoms with Crippen LogP contribution in [-0.4, -0.2) is 46.6 Å². The number of non-ortho nitro benzene ring substituents is 2. The summed E-state index contributed by atoms with van der Waals surface area (Å²) in [5.74, 6) is -0.860. The van der Waals surface area contributed by atoms with Gasteiger partial charge in [0.25, 0.3) is 11.4 Å². The molecule has 1 fully saturated rings. The van der Waals surface area contributed by atoms with Gasteiger partial charge in [0.05, 0.1) is 28.0 Å². The van der Waals surface area contributed by atoms with Crippen molar-refractivity contribution < 1.29 is 19.5 Å². The molecule has 1 aliphatic rings. The van der Waals surface area contributed by atoms with E-state index in [1.165, 1.54) is 5.06 Å². The van der Waals surface area contributed by atoms with Crippen molar-refractivity contribution in [3.05, 3.63) is 44.0 Å². The molecule has 0 aromatic heterocycles. The maximum atomic E-state index is 12.0. The highest BCUT2D eigenvalue weighted by atomic mass is 16.7. The van der Waals surface area contributed by atoms with Crippen LogP contribution in [0.1, 0.15) is 17.3 Å². The maximum Gasteiger partial charge on any atom is 0.357 e. The molecule has 22 heavy (non-hydrogen) atoms. The lowest BCUT2D eigenvalue weighted by molar-refractivity contribution is -0.394. The monoisotopic (exact) mass is 310 g/mol. The van der Waals surface area contributed by atoms with Crippen molar-refractivity contribution >= 4 is 17.3 Å². The molecular weight excluding hydrogens is 296 g/mol. The zero-order valence-electron chi connectivity index (χ0n) is 11.7. The van der Waals surface area contributed by atoms with Crippen molar-refractivity contribution in [3.8, 4) is 0 Å². The molecule has 1 unspecified atom stereocenters. The minimum atomic E-state index is -0.860. The van der Waals surface area contributed by atoms with E-state index in [-0.39, 0.29) is 11.6 Å². The first-order chi connectivity index (χ1) is 10.4. The number of hydroxylamine groups is 2. The van der Waals surface area contributed by atoms with Gasteiger partial charge in [-0.25, -0.2) is 4.79 Å². The molecule has 2 rings (SSSR count). The van der Waals surface area contributed by atoms with E-state index in [0.717, 1.165) is 18.2 Å². The van der Waals surface area contributed by atoms with Crippen molar-refractivity contribution in [1.29, 1.82) is 0 Å². The van der Waals surface area contributed by atoms with Crippen LogP contribution < -0.4 is 5.32 Å². The minimum Gasteiger partial charge on any atom is -0.364 e. The highest BCUT2D eigenvalue weighted by molar-refractivity contribution is 5.90. The molecule has 0 amide bonds. The van der Waals surface area contributed by atoms with E-state index in [9.17, 15) is 25.0 Å². The number of carbonyl (C=O) groups excluding carboxylic acids is 1. The minimum absolute atomic E-state index is 0.126. The molecule has 0 aliphatic carbocycles. The molecule has 10 heteroatoms. The second-order valence-electron chi connectivity index (χ2n) is 4.87. The van der Waals surface area contributed by atoms with Gasteiger partial charge in [-0.1, -0.05) is 0 Å². The Morgan fingerprint density at radius 1 is 1.27 bits per heavy atom. The van der Waals surface area contributed by atoms with Crippen LogP contribution in [0.5, 0.6) is 0 Å². The van der Waals surface area contributed by atoms with Crippen LogP contribution in [0.4, 0.5) is 11.4 Å². The van der Waals surface area contributed by atoms with Gasteiger partial charge in [-0.15, -0.1) is 5.06 Å². The Labute approximate surface area is 124 Å². The molecule has 1 aromatic rings. The topological polar surface area (TPSA) is 128 Å². The third-order valence-electron chi connectivity index (χ3n) is 3.10. The van der Waals surface area contributed by atoms with E-state index in [4.69, 9.17) is 4.84 Å². The molecule has 0 bridgehead atoms. The summed E-state index contributed by atoms with van der Waals surface area (Å²) in [5.41, 5.74) is -1.29. The third-order valence-corrected chi connectivity index (χ3v) is 3.10. The average Bonchev–Trinajstić information content (AvgIpc) is 2.46. The van der Waals surface area contributed by atoms with E-state index < -0.39 is 27.2 Å². The number of nitrogens with zero attached hydrogens (tertiary/aromatic N) is 3. The van der Waals surface area contributed by atoms with E-state index in [2.05, 4.69) is 5.32 Å². The Bertz CT molecular complexity index is 587. The molecule has 118 valence electrons. The van der Waals surface area contributed by atoms with Crippen LogP contribution in [0.15, 0.2) is 18.2 Å². The van der Waals surface area contributed by atoms with Gasteiger partial charge in [0.1, 0.15) is 0 Å². The number of rotatable bonds is 4. The van der Waals surface area contributed by atoms with Gasteiger partial charge in [0.15, 0.2) is 0 Å². The maximum absolute atomic E-state index is 12.0. The van der Waals surface area contributed by atoms with Crippen molar-refractivity contribution in [2.45, 2.75) is 13.0 Å². The summed E-state index contributed by atoms with van der Waals surface area (Å²) in [6.07, 6.45) is 0. The fourth-order valence-electron chi connectivity index (χ4n) is 2.07. The van der Waals surface area contributed by atoms with Gasteiger partial charge >= 0.3 is 5.97 Å². The van der Waals surface area contributed by atoms with Gasteiger partial charge in [-0.3, -0.25) is 20.2 Å². The third kappa shape index (κ3) is 3.74. The Balaban J connectivity index is 2.21. The number of nitro groups is 2. The summed E-state index contributed by atoms with van der Waals surface area (Å²) in [6.45, 7) is 3.47. The van der Waals surface area contributed by atoms with Crippen LogP contribution in [0.2, 0.25) is 0 Å². The van der Waals surface area contributed by atoms with Gasteiger partial charge in [-0.05, 0) is 6.92 Å². The number of hydrogen-bond acceptors (Lipinski definition) is 8. The molecule has 0 radical (unpaired) electrons. The van der Waals surface area contributed by atoms with Crippen molar-refractivity contribution in [3.63, 3.8) is 0 Å². The summed E-state index contributed by atoms with van der Waals surface area (Å²) in [5, 5.41) is 26.2. The molecule has 0 spiro atoms. The van der Waals surface area contributed by atoms with E-state index in [0.29, 0.717) is 19.6 Å². The molecule has 10 nitrogen and oxygen atoms in total. The highest BCUT2D eigenvalue weighted by Gasteiger charge is 2.24. The second-order valence-corrected chi connectivity index (χ2v) is 4.87. The largest absolute Gasteiger partial charge is 0.364 e. The molecule has 1 N–H and O–H groups in total. The Kier molecular flexibility index (Phi) is 4.63. The van der Waals surface area contributed by atoms with E-state index >= 15 is 0 Å². The standard InChI is InChI=1S/C12H14N4O6/c1-8-7-14(3-2-13-8)22-12(17)9-4-10(15(18)19)6-11(5-9)16(20)21/h4-6,8,13H,2-3,7H2,1H3. The average molecular weight is 310 g/mol. The summed E-state index contributed by atoms with van der Waals surface area (Å²) < 4.78 is 0. The number of carbonyl (C=O) groups is 1. The van der Waals surface area contributed by atoms with E-state index in [1.54, 1.807) is 0 Å². The predicted octanol–water partition coefficient (Wildman–Crippen LogP) is 0.869. The molecule has 1 atom stereocenters. The first kappa shape index (κ1) is 15.8. The van der Waals surface area contributed by atoms with Gasteiger partial charge in [-0.2, -0.15) is 0 Å². The van der Waals surface area contributed by atoms with Crippen LogP contribution in [-0.2, 0) is 4.84 Å².